The van der Waals surface area contributed by atoms with Crippen molar-refractivity contribution in [2.75, 3.05) is 41.3 Å². The molecule has 39 heavy (non-hydrogen) atoms. The molecule has 5 heterocycles. The number of fused-ring (bicyclic) bond motifs is 2. The number of nitrogens with one attached hydrogen (secondary N) is 2. The van der Waals surface area contributed by atoms with Crippen LogP contribution in [0.15, 0.2) is 42.9 Å². The molecule has 2 amide bonds. The van der Waals surface area contributed by atoms with Crippen LogP contribution in [0.1, 0.15) is 41.4 Å². The normalized spacial score (nSPS) is 22.0. The first-order chi connectivity index (χ1) is 18.8. The molecule has 2 N–H and O–H groups in total. The maximum atomic E-state index is 15.1. The van der Waals surface area contributed by atoms with Crippen LogP contribution in [0.3, 0.4) is 0 Å². The average Bonchev–Trinajstić information content (AvgIpc) is 3.56. The monoisotopic (exact) mass is 551 g/mol. The van der Waals surface area contributed by atoms with Gasteiger partial charge in [-0.25, -0.2) is 19.2 Å². The molecule has 1 aromatic carbocycles. The summed E-state index contributed by atoms with van der Waals surface area (Å²) >= 11 is 6.04. The maximum absolute atomic E-state index is 15.1. The minimum atomic E-state index is -1.24. The Balaban J connectivity index is 1.13. The Morgan fingerprint density at radius 3 is 2.85 bits per heavy atom. The highest BCUT2D eigenvalue weighted by Gasteiger charge is 2.50. The topological polar surface area (TPSA) is 113 Å². The van der Waals surface area contributed by atoms with E-state index in [1.165, 1.54) is 24.9 Å². The minimum absolute atomic E-state index is 0.0553. The van der Waals surface area contributed by atoms with Gasteiger partial charge in [0.05, 0.1) is 35.2 Å². The van der Waals surface area contributed by atoms with Gasteiger partial charge in [-0.15, -0.1) is 0 Å². The van der Waals surface area contributed by atoms with Crippen molar-refractivity contribution >= 4 is 40.9 Å². The van der Waals surface area contributed by atoms with Gasteiger partial charge in [-0.2, -0.15) is 0 Å². The summed E-state index contributed by atoms with van der Waals surface area (Å²) in [6.45, 7) is 5.09. The third-order valence-corrected chi connectivity index (χ3v) is 7.79. The van der Waals surface area contributed by atoms with Crippen LogP contribution in [0.25, 0.3) is 0 Å². The molecule has 10 nitrogen and oxygen atoms in total. The average molecular weight is 552 g/mol. The number of aromatic nitrogens is 3. The van der Waals surface area contributed by atoms with Crippen molar-refractivity contribution in [2.45, 2.75) is 31.9 Å². The molecule has 0 saturated carbocycles. The molecule has 0 radical (unpaired) electrons. The molecule has 1 spiro atoms. The zero-order chi connectivity index (χ0) is 27.1. The highest BCUT2D eigenvalue weighted by Crippen LogP contribution is 2.46. The lowest BCUT2D eigenvalue weighted by Gasteiger charge is -2.35. The van der Waals surface area contributed by atoms with Gasteiger partial charge in [0.1, 0.15) is 17.3 Å². The Morgan fingerprint density at radius 2 is 2.08 bits per heavy atom. The first-order valence-corrected chi connectivity index (χ1v) is 13.2. The molecule has 0 aliphatic carbocycles. The van der Waals surface area contributed by atoms with Gasteiger partial charge in [0, 0.05) is 38.8 Å². The van der Waals surface area contributed by atoms with E-state index in [2.05, 4.69) is 37.4 Å². The fourth-order valence-corrected chi connectivity index (χ4v) is 5.63. The van der Waals surface area contributed by atoms with E-state index in [4.69, 9.17) is 16.3 Å². The number of nitrogens with zero attached hydrogens (tertiary/aromatic N) is 5. The lowest BCUT2D eigenvalue weighted by molar-refractivity contribution is 0.0263. The van der Waals surface area contributed by atoms with Crippen LogP contribution in [0.4, 0.5) is 26.5 Å². The van der Waals surface area contributed by atoms with Gasteiger partial charge in [0.15, 0.2) is 11.4 Å². The molecule has 3 aliphatic heterocycles. The molecule has 2 saturated heterocycles. The van der Waals surface area contributed by atoms with Crippen LogP contribution in [-0.2, 0) is 16.9 Å². The largest absolute Gasteiger partial charge is 0.436 e. The van der Waals surface area contributed by atoms with Gasteiger partial charge < -0.3 is 19.9 Å². The lowest BCUT2D eigenvalue weighted by atomic mass is 9.89. The van der Waals surface area contributed by atoms with E-state index in [9.17, 15) is 9.59 Å². The number of hydrogen-bond acceptors (Lipinski definition) is 8. The lowest BCUT2D eigenvalue weighted by Crippen LogP contribution is -2.42. The Kier molecular flexibility index (Phi) is 6.46. The summed E-state index contributed by atoms with van der Waals surface area (Å²) in [6.07, 6.45) is 5.51. The second-order valence-electron chi connectivity index (χ2n) is 10.3. The fraction of sp³-hybridized carbons (Fsp3) is 0.370. The molecule has 12 heteroatoms. The molecule has 6 rings (SSSR count). The van der Waals surface area contributed by atoms with Crippen LogP contribution in [-0.4, -0.2) is 53.1 Å². The summed E-state index contributed by atoms with van der Waals surface area (Å²) in [6, 6.07) is 6.89. The molecular weight excluding hydrogens is 525 g/mol. The Hall–Kier alpha value is -3.99. The number of pyridine rings is 1. The van der Waals surface area contributed by atoms with E-state index in [0.717, 1.165) is 24.5 Å². The Labute approximate surface area is 229 Å². The summed E-state index contributed by atoms with van der Waals surface area (Å²) in [5.41, 5.74) is 0.307. The quantitative estimate of drug-likeness (QED) is 0.487. The smallest absolute Gasteiger partial charge is 0.412 e. The van der Waals surface area contributed by atoms with Gasteiger partial charge in [0.25, 0.3) is 5.91 Å². The van der Waals surface area contributed by atoms with Gasteiger partial charge in [-0.1, -0.05) is 24.6 Å². The predicted octanol–water partition coefficient (Wildman–Crippen LogP) is 4.11. The Morgan fingerprint density at radius 1 is 1.21 bits per heavy atom. The third kappa shape index (κ3) is 4.82. The molecule has 0 unspecified atom stereocenters. The van der Waals surface area contributed by atoms with Gasteiger partial charge in [0.2, 0.25) is 0 Å². The zero-order valence-electron chi connectivity index (χ0n) is 21.3. The van der Waals surface area contributed by atoms with Crippen molar-refractivity contribution in [3.8, 4) is 0 Å². The maximum Gasteiger partial charge on any atom is 0.412 e. The Bertz CT molecular complexity index is 1440. The number of hydrogen-bond donors (Lipinski definition) is 2. The van der Waals surface area contributed by atoms with Gasteiger partial charge in [-0.05, 0) is 36.1 Å². The van der Waals surface area contributed by atoms with E-state index >= 15 is 4.39 Å². The second kappa shape index (κ2) is 9.96. The number of amides is 2. The molecule has 3 aliphatic rings. The summed E-state index contributed by atoms with van der Waals surface area (Å²) < 4.78 is 20.7. The van der Waals surface area contributed by atoms with Crippen molar-refractivity contribution in [1.82, 2.24) is 20.3 Å². The number of halogens is 2. The minimum Gasteiger partial charge on any atom is -0.436 e. The highest BCUT2D eigenvalue weighted by molar-refractivity contribution is 6.31. The van der Waals surface area contributed by atoms with Crippen molar-refractivity contribution in [3.63, 3.8) is 0 Å². The number of ether oxygens (including phenoxy) is 1. The molecule has 3 aromatic rings. The molecular formula is C27H27ClFN7O3. The van der Waals surface area contributed by atoms with Crippen LogP contribution >= 0.6 is 11.6 Å². The first kappa shape index (κ1) is 25.3. The summed E-state index contributed by atoms with van der Waals surface area (Å²) in [4.78, 5) is 42.5. The molecule has 0 bridgehead atoms. The number of rotatable bonds is 5. The van der Waals surface area contributed by atoms with E-state index < -0.39 is 17.5 Å². The second-order valence-corrected chi connectivity index (χ2v) is 10.7. The third-order valence-electron chi connectivity index (χ3n) is 7.50. The van der Waals surface area contributed by atoms with Crippen LogP contribution < -0.4 is 20.4 Å². The number of anilines is 3. The SMILES string of the molecule is C[C@H]1CCN(c2ccc(CNC(=O)c3cncc(N4CC[C@]5(C4)OC(=O)Nc4ccc(Cl)c(F)c45)n3)cn2)C1. The molecule has 2 aromatic heterocycles. The predicted molar refractivity (Wildman–Crippen MR) is 143 cm³/mol. The van der Waals surface area contributed by atoms with E-state index in [-0.39, 0.29) is 28.7 Å². The first-order valence-electron chi connectivity index (χ1n) is 12.8. The summed E-state index contributed by atoms with van der Waals surface area (Å²) in [5.74, 6) is 1.02. The fourth-order valence-electron chi connectivity index (χ4n) is 5.47. The van der Waals surface area contributed by atoms with E-state index in [1.807, 2.05) is 17.0 Å². The molecule has 2 fully saturated rings. The number of carbonyl (C=O) groups is 2. The highest BCUT2D eigenvalue weighted by atomic mass is 35.5. The standard InChI is InChI=1S/C27H27ClFN7O3/c1-16-6-8-35(14-16)21-5-2-17(10-31-21)11-32-25(37)20-12-30-13-22(33-20)36-9-7-27(15-36)23-19(34-26(38)39-27)4-3-18(28)24(23)29/h2-5,10,12-13,16H,6-9,11,14-15H2,1H3,(H,32,37)(H,34,38)/t16-,27+/m0/s1. The molecule has 2 atom stereocenters. The van der Waals surface area contributed by atoms with Crippen molar-refractivity contribution in [1.29, 1.82) is 0 Å². The van der Waals surface area contributed by atoms with Crippen LogP contribution in [0.2, 0.25) is 5.02 Å². The van der Waals surface area contributed by atoms with Crippen LogP contribution in [0, 0.1) is 11.7 Å². The van der Waals surface area contributed by atoms with Crippen molar-refractivity contribution < 1.29 is 18.7 Å². The van der Waals surface area contributed by atoms with Gasteiger partial charge in [-0.3, -0.25) is 15.1 Å². The molecule has 202 valence electrons. The van der Waals surface area contributed by atoms with E-state index in [0.29, 0.717) is 36.9 Å². The zero-order valence-corrected chi connectivity index (χ0v) is 22.0. The van der Waals surface area contributed by atoms with Crippen molar-refractivity contribution in [3.05, 3.63) is 70.5 Å². The number of carbonyl (C=O) groups excluding carboxylic acids is 2. The summed E-state index contributed by atoms with van der Waals surface area (Å²) in [7, 11) is 0. The number of benzene rings is 1. The van der Waals surface area contributed by atoms with Crippen molar-refractivity contribution in [2.24, 2.45) is 5.92 Å². The summed E-state index contributed by atoms with van der Waals surface area (Å²) in [5, 5.41) is 5.35. The van der Waals surface area contributed by atoms with Crippen LogP contribution in [0.5, 0.6) is 0 Å². The van der Waals surface area contributed by atoms with E-state index in [1.54, 1.807) is 12.3 Å². The van der Waals surface area contributed by atoms with Gasteiger partial charge >= 0.3 is 6.09 Å².